The van der Waals surface area contributed by atoms with Gasteiger partial charge in [-0.2, -0.15) is 0 Å². The molecule has 0 aliphatic carbocycles. The Morgan fingerprint density at radius 2 is 2.03 bits per heavy atom. The molecule has 2 N–H and O–H groups in total. The van der Waals surface area contributed by atoms with E-state index >= 15 is 0 Å². The summed E-state index contributed by atoms with van der Waals surface area (Å²) in [6, 6.07) is 11.5. The smallest absolute Gasteiger partial charge is 0.335 e. The highest BCUT2D eigenvalue weighted by Gasteiger charge is 2.25. The maximum absolute atomic E-state index is 14.2. The molecule has 202 valence electrons. The molecule has 0 spiro atoms. The maximum atomic E-state index is 14.2. The van der Waals surface area contributed by atoms with Crippen LogP contribution in [0.5, 0.6) is 0 Å². The number of ether oxygens (including phenoxy) is 1. The lowest BCUT2D eigenvalue weighted by Gasteiger charge is -2.30. The summed E-state index contributed by atoms with van der Waals surface area (Å²) in [4.78, 5) is 23.5. The van der Waals surface area contributed by atoms with Gasteiger partial charge in [0.2, 0.25) is 0 Å². The van der Waals surface area contributed by atoms with E-state index in [4.69, 9.17) is 37.9 Å². The number of anilines is 1. The van der Waals surface area contributed by atoms with Crippen LogP contribution in [-0.4, -0.2) is 49.8 Å². The first-order valence-electron chi connectivity index (χ1n) is 12.8. The number of rotatable bonds is 8. The second-order valence-electron chi connectivity index (χ2n) is 9.90. The number of nitrogens with one attached hydrogen (secondary N) is 1. The molecule has 2 aliphatic heterocycles. The minimum Gasteiger partial charge on any atom is -0.478 e. The van der Waals surface area contributed by atoms with E-state index in [1.54, 1.807) is 30.3 Å². The van der Waals surface area contributed by atoms with Crippen molar-refractivity contribution in [3.8, 4) is 0 Å². The summed E-state index contributed by atoms with van der Waals surface area (Å²) in [5.41, 5.74) is 4.25. The molecule has 2 aromatic carbocycles. The average molecular weight is 570 g/mol. The third-order valence-corrected chi connectivity index (χ3v) is 7.82. The molecule has 39 heavy (non-hydrogen) atoms. The van der Waals surface area contributed by atoms with Crippen molar-refractivity contribution in [2.75, 3.05) is 18.5 Å². The normalized spacial score (nSPS) is 17.2. The third kappa shape index (κ3) is 5.45. The third-order valence-electron chi connectivity index (χ3n) is 7.30. The topological polar surface area (TPSA) is 92.5 Å². The molecule has 0 unspecified atom stereocenters. The number of carboxylic acid groups (broad SMARTS) is 1. The highest BCUT2D eigenvalue weighted by Crippen LogP contribution is 2.29. The highest BCUT2D eigenvalue weighted by atomic mass is 35.5. The number of fused-ring (bicyclic) bond motifs is 2. The molecule has 6 rings (SSSR count). The van der Waals surface area contributed by atoms with Crippen LogP contribution in [0.3, 0.4) is 0 Å². The summed E-state index contributed by atoms with van der Waals surface area (Å²) in [6.45, 7) is 3.57. The number of halogens is 3. The summed E-state index contributed by atoms with van der Waals surface area (Å²) in [6.07, 6.45) is 1.85. The first-order valence-corrected chi connectivity index (χ1v) is 13.5. The fraction of sp³-hybridized carbons (Fsp3) is 0.321. The minimum absolute atomic E-state index is 0.0969. The molecular weight excluding hydrogens is 544 g/mol. The number of aromatic nitrogens is 3. The maximum Gasteiger partial charge on any atom is 0.335 e. The zero-order chi connectivity index (χ0) is 27.1. The number of carbonyl (C=O) groups is 1. The Bertz CT molecular complexity index is 1570. The summed E-state index contributed by atoms with van der Waals surface area (Å²) < 4.78 is 22.0. The van der Waals surface area contributed by atoms with Gasteiger partial charge in [-0.25, -0.2) is 19.2 Å². The van der Waals surface area contributed by atoms with Crippen molar-refractivity contribution >= 4 is 46.0 Å². The number of nitrogens with zero attached hydrogens (tertiary/aromatic N) is 4. The summed E-state index contributed by atoms with van der Waals surface area (Å²) in [5, 5.41) is 13.5. The van der Waals surface area contributed by atoms with Gasteiger partial charge in [-0.3, -0.25) is 4.90 Å². The molecule has 0 radical (unpaired) electrons. The summed E-state index contributed by atoms with van der Waals surface area (Å²) in [7, 11) is 0. The van der Waals surface area contributed by atoms with Gasteiger partial charge in [-0.15, -0.1) is 0 Å². The molecular formula is C28H26Cl2FN5O3. The Morgan fingerprint density at radius 1 is 1.18 bits per heavy atom. The fourth-order valence-corrected chi connectivity index (χ4v) is 5.45. The first kappa shape index (κ1) is 26.0. The van der Waals surface area contributed by atoms with Crippen LogP contribution in [0.15, 0.2) is 42.5 Å². The summed E-state index contributed by atoms with van der Waals surface area (Å²) >= 11 is 12.4. The Kier molecular flexibility index (Phi) is 7.16. The van der Waals surface area contributed by atoms with Gasteiger partial charge in [-0.1, -0.05) is 29.3 Å². The van der Waals surface area contributed by atoms with Gasteiger partial charge in [0.1, 0.15) is 17.5 Å². The van der Waals surface area contributed by atoms with Crippen LogP contribution in [0.4, 0.5) is 10.2 Å². The van der Waals surface area contributed by atoms with Gasteiger partial charge in [0.15, 0.2) is 0 Å². The van der Waals surface area contributed by atoms with E-state index in [-0.39, 0.29) is 24.0 Å². The minimum atomic E-state index is -0.966. The quantitative estimate of drug-likeness (QED) is 0.288. The van der Waals surface area contributed by atoms with E-state index in [9.17, 15) is 14.3 Å². The predicted molar refractivity (Wildman–Crippen MR) is 147 cm³/mol. The van der Waals surface area contributed by atoms with Gasteiger partial charge in [0.25, 0.3) is 0 Å². The average Bonchev–Trinajstić information content (AvgIpc) is 3.21. The summed E-state index contributed by atoms with van der Waals surface area (Å²) in [5.74, 6) is 0.00630. The van der Waals surface area contributed by atoms with Gasteiger partial charge in [0.05, 0.1) is 46.5 Å². The molecule has 1 saturated heterocycles. The Labute approximate surface area is 234 Å². The number of aromatic carboxylic acids is 1. The second kappa shape index (κ2) is 10.7. The van der Waals surface area contributed by atoms with Crippen LogP contribution in [0.2, 0.25) is 10.0 Å². The molecule has 0 bridgehead atoms. The first-order chi connectivity index (χ1) is 18.8. The van der Waals surface area contributed by atoms with Gasteiger partial charge in [-0.05, 0) is 54.8 Å². The number of benzene rings is 2. The van der Waals surface area contributed by atoms with Crippen molar-refractivity contribution in [2.45, 2.75) is 45.1 Å². The monoisotopic (exact) mass is 569 g/mol. The van der Waals surface area contributed by atoms with Crippen LogP contribution in [0.1, 0.15) is 39.4 Å². The van der Waals surface area contributed by atoms with Crippen molar-refractivity contribution in [3.05, 3.63) is 86.5 Å². The molecule has 2 aromatic heterocycles. The van der Waals surface area contributed by atoms with Crippen LogP contribution >= 0.6 is 23.2 Å². The van der Waals surface area contributed by atoms with E-state index in [2.05, 4.69) is 14.8 Å². The molecule has 11 heteroatoms. The van der Waals surface area contributed by atoms with Gasteiger partial charge < -0.3 is 19.7 Å². The Morgan fingerprint density at radius 3 is 2.77 bits per heavy atom. The van der Waals surface area contributed by atoms with E-state index in [0.29, 0.717) is 41.1 Å². The van der Waals surface area contributed by atoms with E-state index in [0.717, 1.165) is 54.1 Å². The Balaban J connectivity index is 1.22. The fourth-order valence-electron chi connectivity index (χ4n) is 5.05. The zero-order valence-electron chi connectivity index (χ0n) is 21.0. The van der Waals surface area contributed by atoms with E-state index in [1.807, 2.05) is 6.07 Å². The lowest BCUT2D eigenvalue weighted by atomic mass is 10.0. The largest absolute Gasteiger partial charge is 0.478 e. The Hall–Kier alpha value is -3.24. The van der Waals surface area contributed by atoms with Crippen molar-refractivity contribution in [1.82, 2.24) is 19.4 Å². The van der Waals surface area contributed by atoms with Gasteiger partial charge >= 0.3 is 5.97 Å². The molecule has 1 fully saturated rings. The van der Waals surface area contributed by atoms with Crippen LogP contribution < -0.4 is 5.32 Å². The van der Waals surface area contributed by atoms with Gasteiger partial charge in [0, 0.05) is 36.8 Å². The van der Waals surface area contributed by atoms with Crippen molar-refractivity contribution < 1.29 is 19.0 Å². The van der Waals surface area contributed by atoms with Crippen molar-refractivity contribution in [1.29, 1.82) is 0 Å². The van der Waals surface area contributed by atoms with Crippen LogP contribution in [-0.2, 0) is 37.3 Å². The van der Waals surface area contributed by atoms with Crippen LogP contribution in [0.25, 0.3) is 11.0 Å². The zero-order valence-corrected chi connectivity index (χ0v) is 22.5. The molecule has 0 saturated carbocycles. The number of carboxylic acids is 1. The second-order valence-corrected chi connectivity index (χ2v) is 10.7. The highest BCUT2D eigenvalue weighted by molar-refractivity contribution is 6.33. The van der Waals surface area contributed by atoms with E-state index < -0.39 is 5.97 Å². The van der Waals surface area contributed by atoms with E-state index in [1.165, 1.54) is 6.07 Å². The number of pyridine rings is 1. The molecule has 0 amide bonds. The number of hydrogen-bond acceptors (Lipinski definition) is 6. The van der Waals surface area contributed by atoms with Crippen molar-refractivity contribution in [3.63, 3.8) is 0 Å². The standard InChI is InChI=1S/C28H26Cl2FN5O3/c29-19-3-1-18(22(31)11-19)12-32-27-21(30)9-16-5-7-35(14-24(16)34-27)15-26-33-23-4-2-17(28(37)38)10-25(23)36(26)13-20-6-8-39-20/h1-4,9-11,20H,5-8,12-15H2,(H,32,34)(H,37,38)/t20-/m0/s1. The van der Waals surface area contributed by atoms with Crippen LogP contribution in [0, 0.1) is 5.82 Å². The lowest BCUT2D eigenvalue weighted by molar-refractivity contribution is -0.0592. The van der Waals surface area contributed by atoms with Crippen molar-refractivity contribution in [2.24, 2.45) is 0 Å². The lowest BCUT2D eigenvalue weighted by Crippen LogP contribution is -2.34. The molecule has 4 aromatic rings. The molecule has 2 aliphatic rings. The predicted octanol–water partition coefficient (Wildman–Crippen LogP) is 5.53. The molecule has 4 heterocycles. The number of imidazole rings is 1. The molecule has 1 atom stereocenters. The number of hydrogen-bond donors (Lipinski definition) is 2. The molecule has 8 nitrogen and oxygen atoms in total. The SMILES string of the molecule is O=C(O)c1ccc2nc(CN3CCc4cc(Cl)c(NCc5ccc(Cl)cc5F)nc4C3)n(C[C@@H]3CCO3)c2c1.